The molecule has 1 aromatic heterocycles. The lowest BCUT2D eigenvalue weighted by Crippen LogP contribution is -2.24. The summed E-state index contributed by atoms with van der Waals surface area (Å²) in [5.74, 6) is -0.113. The molecule has 0 aliphatic carbocycles. The van der Waals surface area contributed by atoms with E-state index >= 15 is 0 Å². The molecule has 0 spiro atoms. The van der Waals surface area contributed by atoms with Crippen LogP contribution in [0.1, 0.15) is 16.8 Å². The highest BCUT2D eigenvalue weighted by Crippen LogP contribution is 2.07. The minimum absolute atomic E-state index is 0.113. The highest BCUT2D eigenvalue weighted by Gasteiger charge is 2.08. The van der Waals surface area contributed by atoms with Crippen LogP contribution in [0.4, 0.5) is 0 Å². The zero-order chi connectivity index (χ0) is 13.5. The van der Waals surface area contributed by atoms with Crippen molar-refractivity contribution in [3.8, 4) is 5.69 Å². The largest absolute Gasteiger partial charge is 0.385 e. The Balaban J connectivity index is 1.95. The van der Waals surface area contributed by atoms with Gasteiger partial charge in [0.25, 0.3) is 5.91 Å². The van der Waals surface area contributed by atoms with E-state index in [1.54, 1.807) is 24.2 Å². The molecule has 0 radical (unpaired) electrons. The van der Waals surface area contributed by atoms with Crippen LogP contribution in [0.25, 0.3) is 5.69 Å². The number of carbonyl (C=O) groups is 1. The van der Waals surface area contributed by atoms with Gasteiger partial charge in [0.15, 0.2) is 0 Å². The topological polar surface area (TPSA) is 56.1 Å². The molecule has 5 nitrogen and oxygen atoms in total. The molecular weight excluding hydrogens is 242 g/mol. The molecule has 0 saturated heterocycles. The highest BCUT2D eigenvalue weighted by atomic mass is 16.5. The maximum absolute atomic E-state index is 11.8. The number of hydrogen-bond donors (Lipinski definition) is 1. The van der Waals surface area contributed by atoms with Gasteiger partial charge in [0.1, 0.15) is 0 Å². The molecule has 0 aliphatic rings. The fourth-order valence-electron chi connectivity index (χ4n) is 1.68. The Bertz CT molecular complexity index is 522. The molecule has 0 atom stereocenters. The fraction of sp³-hybridized carbons (Fsp3) is 0.286. The molecule has 0 unspecified atom stereocenters. The van der Waals surface area contributed by atoms with Crippen molar-refractivity contribution < 1.29 is 9.53 Å². The highest BCUT2D eigenvalue weighted by molar-refractivity contribution is 5.93. The van der Waals surface area contributed by atoms with Gasteiger partial charge in [-0.3, -0.25) is 4.79 Å². The van der Waals surface area contributed by atoms with Crippen molar-refractivity contribution in [2.45, 2.75) is 6.42 Å². The van der Waals surface area contributed by atoms with Crippen molar-refractivity contribution in [2.75, 3.05) is 20.3 Å². The van der Waals surface area contributed by atoms with Gasteiger partial charge in [0, 0.05) is 26.5 Å². The fourth-order valence-corrected chi connectivity index (χ4v) is 1.68. The van der Waals surface area contributed by atoms with E-state index in [1.165, 1.54) is 0 Å². The van der Waals surface area contributed by atoms with Gasteiger partial charge in [-0.15, -0.1) is 0 Å². The number of amides is 1. The van der Waals surface area contributed by atoms with Gasteiger partial charge in [-0.05, 0) is 18.6 Å². The van der Waals surface area contributed by atoms with Crippen LogP contribution in [-0.2, 0) is 4.74 Å². The second-order valence-electron chi connectivity index (χ2n) is 4.11. The predicted molar refractivity (Wildman–Crippen MR) is 72.4 cm³/mol. The Hall–Kier alpha value is -2.14. The van der Waals surface area contributed by atoms with E-state index in [4.69, 9.17) is 4.74 Å². The molecule has 0 bridgehead atoms. The van der Waals surface area contributed by atoms with Gasteiger partial charge in [-0.25, -0.2) is 4.68 Å². The zero-order valence-corrected chi connectivity index (χ0v) is 10.9. The normalized spacial score (nSPS) is 10.4. The van der Waals surface area contributed by atoms with Gasteiger partial charge in [0.05, 0.1) is 17.4 Å². The maximum Gasteiger partial charge on any atom is 0.254 e. The summed E-state index contributed by atoms with van der Waals surface area (Å²) in [5.41, 5.74) is 1.49. The third-order valence-corrected chi connectivity index (χ3v) is 2.68. The molecule has 0 saturated carbocycles. The summed E-state index contributed by atoms with van der Waals surface area (Å²) in [7, 11) is 1.64. The van der Waals surface area contributed by atoms with Crippen LogP contribution in [0.15, 0.2) is 42.7 Å². The van der Waals surface area contributed by atoms with Gasteiger partial charge in [0.2, 0.25) is 0 Å². The minimum atomic E-state index is -0.113. The molecule has 1 amide bonds. The van der Waals surface area contributed by atoms with Crippen molar-refractivity contribution in [3.05, 3.63) is 48.3 Å². The Kier molecular flexibility index (Phi) is 4.69. The number of aromatic nitrogens is 2. The second-order valence-corrected chi connectivity index (χ2v) is 4.11. The molecule has 0 aliphatic heterocycles. The summed E-state index contributed by atoms with van der Waals surface area (Å²) >= 11 is 0. The molecule has 100 valence electrons. The number of benzene rings is 1. The molecule has 5 heteroatoms. The first-order valence-corrected chi connectivity index (χ1v) is 6.18. The van der Waals surface area contributed by atoms with E-state index in [-0.39, 0.29) is 5.91 Å². The Labute approximate surface area is 112 Å². The van der Waals surface area contributed by atoms with Gasteiger partial charge in [-0.1, -0.05) is 18.2 Å². The molecular formula is C14H17N3O2. The maximum atomic E-state index is 11.8. The van der Waals surface area contributed by atoms with E-state index < -0.39 is 0 Å². The standard InChI is InChI=1S/C14H17N3O2/c1-19-9-5-8-15-14(18)12-10-16-17(11-12)13-6-3-2-4-7-13/h2-4,6-7,10-11H,5,8-9H2,1H3,(H,15,18). The number of hydrogen-bond acceptors (Lipinski definition) is 3. The number of ether oxygens (including phenoxy) is 1. The summed E-state index contributed by atoms with van der Waals surface area (Å²) in [4.78, 5) is 11.8. The third kappa shape index (κ3) is 3.66. The smallest absolute Gasteiger partial charge is 0.254 e. The first-order chi connectivity index (χ1) is 9.31. The quantitative estimate of drug-likeness (QED) is 0.802. The zero-order valence-electron chi connectivity index (χ0n) is 10.9. The number of para-hydroxylation sites is 1. The minimum Gasteiger partial charge on any atom is -0.385 e. The van der Waals surface area contributed by atoms with Crippen molar-refractivity contribution in [1.29, 1.82) is 0 Å². The van der Waals surface area contributed by atoms with Crippen LogP contribution in [0.5, 0.6) is 0 Å². The predicted octanol–water partition coefficient (Wildman–Crippen LogP) is 1.64. The monoisotopic (exact) mass is 259 g/mol. The summed E-state index contributed by atoms with van der Waals surface area (Å²) in [6, 6.07) is 9.68. The molecule has 2 aromatic rings. The third-order valence-electron chi connectivity index (χ3n) is 2.68. The summed E-state index contributed by atoms with van der Waals surface area (Å²) < 4.78 is 6.61. The summed E-state index contributed by atoms with van der Waals surface area (Å²) in [5, 5.41) is 7.01. The van der Waals surface area contributed by atoms with Gasteiger partial charge < -0.3 is 10.1 Å². The molecule has 1 heterocycles. The van der Waals surface area contributed by atoms with Crippen LogP contribution in [0.3, 0.4) is 0 Å². The van der Waals surface area contributed by atoms with E-state index in [0.29, 0.717) is 18.7 Å². The molecule has 1 aromatic carbocycles. The van der Waals surface area contributed by atoms with Crippen LogP contribution in [-0.4, -0.2) is 35.9 Å². The number of rotatable bonds is 6. The summed E-state index contributed by atoms with van der Waals surface area (Å²) in [6.45, 7) is 1.24. The van der Waals surface area contributed by atoms with Gasteiger partial charge >= 0.3 is 0 Å². The lowest BCUT2D eigenvalue weighted by molar-refractivity contribution is 0.0948. The van der Waals surface area contributed by atoms with Crippen molar-refractivity contribution >= 4 is 5.91 Å². The number of nitrogens with zero attached hydrogens (tertiary/aromatic N) is 2. The average Bonchev–Trinajstić information content (AvgIpc) is 2.94. The van der Waals surface area contributed by atoms with E-state index in [1.807, 2.05) is 30.3 Å². The van der Waals surface area contributed by atoms with Crippen LogP contribution < -0.4 is 5.32 Å². The number of nitrogens with one attached hydrogen (secondary N) is 1. The van der Waals surface area contributed by atoms with Crippen molar-refractivity contribution in [1.82, 2.24) is 15.1 Å². The lowest BCUT2D eigenvalue weighted by Gasteiger charge is -2.02. The molecule has 19 heavy (non-hydrogen) atoms. The van der Waals surface area contributed by atoms with Crippen LogP contribution in [0, 0.1) is 0 Å². The molecule has 1 N–H and O–H groups in total. The first-order valence-electron chi connectivity index (χ1n) is 6.18. The summed E-state index contributed by atoms with van der Waals surface area (Å²) in [6.07, 6.45) is 4.09. The van der Waals surface area contributed by atoms with Crippen LogP contribution in [0.2, 0.25) is 0 Å². The molecule has 2 rings (SSSR count). The first kappa shape index (κ1) is 13.3. The Morgan fingerprint density at radius 1 is 1.37 bits per heavy atom. The Morgan fingerprint density at radius 3 is 2.89 bits per heavy atom. The second kappa shape index (κ2) is 6.70. The number of carbonyl (C=O) groups excluding carboxylic acids is 1. The van der Waals surface area contributed by atoms with E-state index in [9.17, 15) is 4.79 Å². The van der Waals surface area contributed by atoms with Crippen molar-refractivity contribution in [2.24, 2.45) is 0 Å². The van der Waals surface area contributed by atoms with Gasteiger partial charge in [-0.2, -0.15) is 5.10 Å². The Morgan fingerprint density at radius 2 is 2.16 bits per heavy atom. The average molecular weight is 259 g/mol. The van der Waals surface area contributed by atoms with E-state index in [2.05, 4.69) is 10.4 Å². The SMILES string of the molecule is COCCCNC(=O)c1cnn(-c2ccccc2)c1. The van der Waals surface area contributed by atoms with E-state index in [0.717, 1.165) is 12.1 Å². The van der Waals surface area contributed by atoms with Crippen molar-refractivity contribution in [3.63, 3.8) is 0 Å². The lowest BCUT2D eigenvalue weighted by atomic mass is 10.3. The van der Waals surface area contributed by atoms with Crippen LogP contribution >= 0.6 is 0 Å². The number of methoxy groups -OCH3 is 1. The molecule has 0 fully saturated rings.